The summed E-state index contributed by atoms with van der Waals surface area (Å²) in [5.41, 5.74) is 2.22. The molecule has 0 saturated heterocycles. The lowest BCUT2D eigenvalue weighted by molar-refractivity contribution is 2.48. The van der Waals surface area contributed by atoms with Crippen molar-refractivity contribution in [3.05, 3.63) is 0 Å². The van der Waals surface area contributed by atoms with Gasteiger partial charge in [0.2, 0.25) is 0 Å². The molecule has 0 aliphatic carbocycles. The average Bonchev–Trinajstić information content (AvgIpc) is 1.35. The topological polar surface area (TPSA) is 0 Å². The number of hydrogen-bond donors (Lipinski definition) is 0. The van der Waals surface area contributed by atoms with Crippen LogP contribution in [0.4, 0.5) is 0 Å². The van der Waals surface area contributed by atoms with Gasteiger partial charge >= 0.3 is 0 Å². The van der Waals surface area contributed by atoms with Gasteiger partial charge in [0.1, 0.15) is 19.7 Å². The smallest absolute Gasteiger partial charge is 0.0599 e. The van der Waals surface area contributed by atoms with Crippen molar-refractivity contribution in [3.8, 4) is 0 Å². The molecule has 0 radical (unpaired) electrons. The minimum Gasteiger partial charge on any atom is -0.0599 e. The van der Waals surface area contributed by atoms with E-state index in [0.29, 0.717) is 0 Å². The van der Waals surface area contributed by atoms with Gasteiger partial charge in [-0.2, -0.15) is 0 Å². The monoisotopic (exact) mass is 119 g/mol. The van der Waals surface area contributed by atoms with Gasteiger partial charge in [0.05, 0.1) is 6.30 Å². The van der Waals surface area contributed by atoms with E-state index in [9.17, 15) is 0 Å². The van der Waals surface area contributed by atoms with Gasteiger partial charge in [0.25, 0.3) is 0 Å². The zero-order valence-corrected chi connectivity index (χ0v) is 5.97. The van der Waals surface area contributed by atoms with Crippen molar-refractivity contribution in [3.63, 3.8) is 0 Å². The van der Waals surface area contributed by atoms with E-state index in [1.54, 1.807) is 0 Å². The zero-order chi connectivity index (χ0) is 4.99. The summed E-state index contributed by atoms with van der Waals surface area (Å²) in [5, 5.41) is 0. The molecular formula is C4H9P2+. The van der Waals surface area contributed by atoms with E-state index in [1.807, 2.05) is 0 Å². The molecule has 0 aliphatic heterocycles. The SMILES string of the molecule is C=[P+](C)C=PC. The van der Waals surface area contributed by atoms with Gasteiger partial charge in [-0.1, -0.05) is 8.20 Å². The Labute approximate surface area is 41.8 Å². The highest BCUT2D eigenvalue weighted by molar-refractivity contribution is 7.79. The van der Waals surface area contributed by atoms with Crippen molar-refractivity contribution in [1.29, 1.82) is 0 Å². The average molecular weight is 119 g/mol. The Morgan fingerprint density at radius 2 is 2.33 bits per heavy atom. The second-order valence-corrected chi connectivity index (χ2v) is 4.08. The van der Waals surface area contributed by atoms with Crippen LogP contribution in [0.5, 0.6) is 0 Å². The fraction of sp³-hybridized carbons (Fsp3) is 0.500. The quantitative estimate of drug-likeness (QED) is 0.462. The first-order valence-corrected chi connectivity index (χ1v) is 5.18. The molecule has 0 aromatic rings. The lowest BCUT2D eigenvalue weighted by Crippen LogP contribution is -1.48. The van der Waals surface area contributed by atoms with Crippen LogP contribution in [0.15, 0.2) is 0 Å². The maximum absolute atomic E-state index is 3.83. The molecule has 0 heterocycles. The standard InChI is InChI=1S/C4H9P2/c1-5-4-6(2)3/h4H,2H2,1,3H3/q+1. The minimum atomic E-state index is 0.0121. The van der Waals surface area contributed by atoms with Gasteiger partial charge < -0.3 is 0 Å². The van der Waals surface area contributed by atoms with E-state index >= 15 is 0 Å². The molecule has 2 heteroatoms. The van der Waals surface area contributed by atoms with E-state index in [2.05, 4.69) is 25.2 Å². The minimum absolute atomic E-state index is 0.0121. The van der Waals surface area contributed by atoms with E-state index in [1.165, 1.54) is 8.20 Å². The van der Waals surface area contributed by atoms with Crippen molar-refractivity contribution >= 4 is 27.6 Å². The Hall–Kier alpha value is 0.340. The van der Waals surface area contributed by atoms with Gasteiger partial charge in [-0.15, -0.1) is 0 Å². The summed E-state index contributed by atoms with van der Waals surface area (Å²) in [6, 6.07) is 0. The first kappa shape index (κ1) is 6.34. The van der Waals surface area contributed by atoms with E-state index in [-0.39, 0.29) is 7.55 Å². The van der Waals surface area contributed by atoms with Crippen LogP contribution in [-0.2, 0) is 0 Å². The molecule has 0 N–H and O–H groups in total. The molecule has 0 rings (SSSR count). The molecule has 0 amide bonds. The maximum Gasteiger partial charge on any atom is 0.133 e. The van der Waals surface area contributed by atoms with Crippen LogP contribution in [0.2, 0.25) is 0 Å². The molecule has 0 saturated carbocycles. The Kier molecular flexibility index (Phi) is 3.73. The highest BCUT2D eigenvalue weighted by atomic mass is 31.1. The molecular weight excluding hydrogens is 110 g/mol. The largest absolute Gasteiger partial charge is 0.133 e. The lowest BCUT2D eigenvalue weighted by Gasteiger charge is -1.60. The first-order valence-electron chi connectivity index (χ1n) is 1.73. The van der Waals surface area contributed by atoms with Crippen LogP contribution >= 0.6 is 15.7 Å². The van der Waals surface area contributed by atoms with Crippen molar-refractivity contribution in [1.82, 2.24) is 0 Å². The van der Waals surface area contributed by atoms with E-state index < -0.39 is 0 Å². The number of rotatable bonds is 1. The summed E-state index contributed by atoms with van der Waals surface area (Å²) in [6.45, 7) is 4.26. The second-order valence-electron chi connectivity index (χ2n) is 1.13. The van der Waals surface area contributed by atoms with Crippen LogP contribution in [0, 0.1) is 0 Å². The van der Waals surface area contributed by atoms with Gasteiger partial charge in [-0.25, -0.2) is 0 Å². The fourth-order valence-electron chi connectivity index (χ4n) is 0.197. The molecule has 0 nitrogen and oxygen atoms in total. The summed E-state index contributed by atoms with van der Waals surface area (Å²) < 4.78 is 0. The molecule has 0 fully saturated rings. The van der Waals surface area contributed by atoms with Crippen LogP contribution in [0.25, 0.3) is 0 Å². The lowest BCUT2D eigenvalue weighted by atomic mass is 11.9. The van der Waals surface area contributed by atoms with Crippen molar-refractivity contribution in [2.24, 2.45) is 0 Å². The summed E-state index contributed by atoms with van der Waals surface area (Å²) in [7, 11) is 1.38. The molecule has 0 bridgehead atoms. The van der Waals surface area contributed by atoms with Crippen LogP contribution in [0.3, 0.4) is 0 Å². The number of hydrogen-bond acceptors (Lipinski definition) is 0. The van der Waals surface area contributed by atoms with E-state index in [0.717, 1.165) is 0 Å². The molecule has 0 aliphatic rings. The fourth-order valence-corrected chi connectivity index (χ4v) is 1.77. The zero-order valence-electron chi connectivity index (χ0n) is 4.18. The van der Waals surface area contributed by atoms with Crippen LogP contribution in [0.1, 0.15) is 0 Å². The maximum atomic E-state index is 3.83. The third-order valence-corrected chi connectivity index (χ3v) is 2.81. The second kappa shape index (κ2) is 3.53. The van der Waals surface area contributed by atoms with Gasteiger partial charge in [0.15, 0.2) is 0 Å². The predicted octanol–water partition coefficient (Wildman–Crippen LogP) is 1.87. The molecule has 1 atom stereocenters. The highest BCUT2D eigenvalue weighted by Gasteiger charge is 1.79. The van der Waals surface area contributed by atoms with Crippen molar-refractivity contribution < 1.29 is 0 Å². The summed E-state index contributed by atoms with van der Waals surface area (Å²) in [6.07, 6.45) is 3.83. The predicted molar refractivity (Wildman–Crippen MR) is 38.9 cm³/mol. The summed E-state index contributed by atoms with van der Waals surface area (Å²) in [4.78, 5) is 0. The van der Waals surface area contributed by atoms with E-state index in [4.69, 9.17) is 0 Å². The van der Waals surface area contributed by atoms with Crippen molar-refractivity contribution in [2.75, 3.05) is 13.3 Å². The Balaban J connectivity index is 3.30. The van der Waals surface area contributed by atoms with Gasteiger partial charge in [-0.3, -0.25) is 0 Å². The Morgan fingerprint density at radius 3 is 2.33 bits per heavy atom. The Bertz CT molecular complexity index is 73.6. The molecule has 34 valence electrons. The third kappa shape index (κ3) is 4.34. The van der Waals surface area contributed by atoms with Gasteiger partial charge in [-0.05, 0) is 6.66 Å². The highest BCUT2D eigenvalue weighted by Crippen LogP contribution is 2.09. The first-order chi connectivity index (χ1) is 2.77. The molecule has 0 spiro atoms. The molecule has 1 unspecified atom stereocenters. The summed E-state index contributed by atoms with van der Waals surface area (Å²) >= 11 is 0. The van der Waals surface area contributed by atoms with Gasteiger partial charge in [0, 0.05) is 0 Å². The summed E-state index contributed by atoms with van der Waals surface area (Å²) in [5.74, 6) is 0. The molecule has 0 aromatic carbocycles. The molecule has 6 heavy (non-hydrogen) atoms. The van der Waals surface area contributed by atoms with Crippen LogP contribution in [-0.4, -0.2) is 25.2 Å². The molecule has 0 aromatic heterocycles. The normalized spacial score (nSPS) is 12.7. The Morgan fingerprint density at radius 1 is 1.83 bits per heavy atom. The third-order valence-electron chi connectivity index (χ3n) is 0.313. The van der Waals surface area contributed by atoms with Crippen molar-refractivity contribution in [2.45, 2.75) is 0 Å². The van der Waals surface area contributed by atoms with Crippen LogP contribution < -0.4 is 0 Å².